The van der Waals surface area contributed by atoms with Crippen LogP contribution in [0.25, 0.3) is 16.0 Å². The van der Waals surface area contributed by atoms with Crippen LogP contribution in [-0.4, -0.2) is 80.8 Å². The van der Waals surface area contributed by atoms with E-state index in [9.17, 15) is 9.18 Å². The first-order valence-electron chi connectivity index (χ1n) is 13.9. The van der Waals surface area contributed by atoms with Crippen molar-refractivity contribution >= 4 is 31.4 Å². The number of aromatic nitrogens is 4. The molecule has 0 aliphatic carbocycles. The van der Waals surface area contributed by atoms with E-state index in [1.165, 1.54) is 6.33 Å². The van der Waals surface area contributed by atoms with Crippen molar-refractivity contribution in [1.29, 1.82) is 0 Å². The number of halogens is 1. The Balaban J connectivity index is 1.66. The van der Waals surface area contributed by atoms with Crippen LogP contribution in [0.5, 0.6) is 0 Å². The Labute approximate surface area is 246 Å². The van der Waals surface area contributed by atoms with Crippen LogP contribution < -0.4 is 5.32 Å². The lowest BCUT2D eigenvalue weighted by Gasteiger charge is -2.38. The van der Waals surface area contributed by atoms with Crippen LogP contribution in [0.4, 0.5) is 10.2 Å². The number of carbonyl (C=O) groups excluding carboxylic acids is 1. The lowest BCUT2D eigenvalue weighted by molar-refractivity contribution is -0.0494. The molecule has 226 valence electrons. The molecule has 2 aromatic heterocycles. The number of rotatable bonds is 13. The Hall–Kier alpha value is -3.11. The molecular weight excluding hydrogens is 564 g/mol. The number of ether oxygens (including phenoxy) is 2. The van der Waals surface area contributed by atoms with Crippen molar-refractivity contribution in [3.63, 3.8) is 0 Å². The smallest absolute Gasteiger partial charge is 0.312 e. The predicted molar refractivity (Wildman–Crippen MR) is 156 cm³/mol. The van der Waals surface area contributed by atoms with Gasteiger partial charge < -0.3 is 28.7 Å². The predicted octanol–water partition coefficient (Wildman–Crippen LogP) is 5.21. The fraction of sp³-hybridized carbons (Fsp3) is 0.536. The van der Waals surface area contributed by atoms with Gasteiger partial charge in [-0.05, 0) is 46.2 Å². The molecule has 3 heterocycles. The minimum atomic E-state index is -1.57. The lowest BCUT2D eigenvalue weighted by Crippen LogP contribution is -2.39. The Kier molecular flexibility index (Phi) is 10.9. The lowest BCUT2D eigenvalue weighted by atomic mass is 10.1. The van der Waals surface area contributed by atoms with Crippen LogP contribution in [0.2, 0.25) is 0 Å². The fourth-order valence-corrected chi connectivity index (χ4v) is 6.72. The van der Waals surface area contributed by atoms with Crippen molar-refractivity contribution in [3.8, 4) is 0 Å². The molecule has 1 unspecified atom stereocenters. The van der Waals surface area contributed by atoms with Gasteiger partial charge in [-0.25, -0.2) is 16.2 Å². The quantitative estimate of drug-likeness (QED) is 0.122. The summed E-state index contributed by atoms with van der Waals surface area (Å²) in [6.45, 7) is 17.8. The molecule has 5 atom stereocenters. The largest absolute Gasteiger partial charge is 0.374 e. The molecule has 0 spiro atoms. The number of hydrogen-bond acceptors (Lipinski definition) is 9. The second kappa shape index (κ2) is 14.4. The summed E-state index contributed by atoms with van der Waals surface area (Å²) < 4.78 is 43.6. The van der Waals surface area contributed by atoms with E-state index in [1.54, 1.807) is 42.0 Å². The van der Waals surface area contributed by atoms with Crippen LogP contribution in [0.3, 0.4) is 0 Å². The molecule has 1 aliphatic rings. The van der Waals surface area contributed by atoms with E-state index in [1.807, 2.05) is 6.92 Å². The van der Waals surface area contributed by atoms with E-state index >= 15 is 0 Å². The Morgan fingerprint density at radius 1 is 1.21 bits per heavy atom. The minimum absolute atomic E-state index is 0.0573. The summed E-state index contributed by atoms with van der Waals surface area (Å²) in [7, 11) is -0.0160. The number of nitrogens with zero attached hydrogens (tertiary/aromatic N) is 6. The van der Waals surface area contributed by atoms with E-state index in [-0.39, 0.29) is 42.2 Å². The van der Waals surface area contributed by atoms with E-state index in [0.29, 0.717) is 12.0 Å². The van der Waals surface area contributed by atoms with Gasteiger partial charge in [-0.1, -0.05) is 25.1 Å². The molecule has 42 heavy (non-hydrogen) atoms. The highest BCUT2D eigenvalue weighted by molar-refractivity contribution is 7.44. The monoisotopic (exact) mass is 601 g/mol. The SMILES string of the molecule is [C-]#[N+]CCOP(O[C@H]1[C@@H](OC)[C@H](n2cnc3c(NC(=O)c4ccccc4)nc(F)nc32)O[C@@H]1CC)N(C(C)C)C(C)C. The number of amides is 1. The van der Waals surface area contributed by atoms with E-state index in [0.717, 1.165) is 0 Å². The van der Waals surface area contributed by atoms with Gasteiger partial charge >= 0.3 is 6.08 Å². The summed E-state index contributed by atoms with van der Waals surface area (Å²) in [5.74, 6) is -0.513. The summed E-state index contributed by atoms with van der Waals surface area (Å²) >= 11 is 0. The minimum Gasteiger partial charge on any atom is -0.374 e. The molecule has 1 fully saturated rings. The Bertz CT molecular complexity index is 1380. The first kappa shape index (κ1) is 31.8. The zero-order chi connectivity index (χ0) is 30.4. The highest BCUT2D eigenvalue weighted by Gasteiger charge is 2.49. The third kappa shape index (κ3) is 6.92. The normalized spacial score (nSPS) is 21.4. The molecular formula is C28H37FN7O5P. The third-order valence-corrected chi connectivity index (χ3v) is 8.89. The van der Waals surface area contributed by atoms with Crippen LogP contribution >= 0.6 is 8.53 Å². The average molecular weight is 602 g/mol. The van der Waals surface area contributed by atoms with Crippen LogP contribution in [0, 0.1) is 12.7 Å². The van der Waals surface area contributed by atoms with Crippen LogP contribution in [0.15, 0.2) is 36.7 Å². The number of imidazole rings is 1. The fourth-order valence-electron chi connectivity index (χ4n) is 4.96. The van der Waals surface area contributed by atoms with Gasteiger partial charge in [0, 0.05) is 24.8 Å². The summed E-state index contributed by atoms with van der Waals surface area (Å²) in [5, 5.41) is 2.64. The number of benzene rings is 1. The molecule has 4 rings (SSSR count). The third-order valence-electron chi connectivity index (χ3n) is 6.76. The van der Waals surface area contributed by atoms with Gasteiger partial charge in [0.15, 0.2) is 23.2 Å². The highest BCUT2D eigenvalue weighted by atomic mass is 31.2. The molecule has 1 aromatic carbocycles. The summed E-state index contributed by atoms with van der Waals surface area (Å²) in [6, 6.07) is 8.77. The maximum atomic E-state index is 14.7. The second-order valence-electron chi connectivity index (χ2n) is 10.2. The Morgan fingerprint density at radius 2 is 1.93 bits per heavy atom. The van der Waals surface area contributed by atoms with Gasteiger partial charge in [-0.3, -0.25) is 9.36 Å². The van der Waals surface area contributed by atoms with Gasteiger partial charge in [0.2, 0.25) is 6.54 Å². The van der Waals surface area contributed by atoms with E-state index in [4.69, 9.17) is 25.1 Å². The average Bonchev–Trinajstić information content (AvgIpc) is 3.53. The van der Waals surface area contributed by atoms with Crippen molar-refractivity contribution in [2.75, 3.05) is 25.6 Å². The second-order valence-corrected chi connectivity index (χ2v) is 11.7. The van der Waals surface area contributed by atoms with Gasteiger partial charge in [-0.15, -0.1) is 0 Å². The molecule has 3 aromatic rings. The highest BCUT2D eigenvalue weighted by Crippen LogP contribution is 2.50. The van der Waals surface area contributed by atoms with E-state index < -0.39 is 45.1 Å². The van der Waals surface area contributed by atoms with Crippen molar-refractivity contribution in [2.45, 2.75) is 77.7 Å². The van der Waals surface area contributed by atoms with Gasteiger partial charge in [0.1, 0.15) is 18.8 Å². The summed E-state index contributed by atoms with van der Waals surface area (Å²) in [4.78, 5) is 28.4. The van der Waals surface area contributed by atoms with Crippen molar-refractivity contribution in [1.82, 2.24) is 24.2 Å². The molecule has 0 radical (unpaired) electrons. The standard InChI is InChI=1S/C28H37FN7O5P/c1-8-20-22(41-42(39-15-14-30-6)36(17(2)3)18(4)5)23(38-7)27(40-20)35-16-31-21-24(33-28(29)34-25(21)35)32-26(37)19-12-10-9-11-13-19/h9-13,16-18,20,22-23,27H,8,14-15H2,1-5,7H3,(H,32,33,34,37)/t20-,22-,23-,27-,42?/m1/s1. The molecule has 1 saturated heterocycles. The van der Waals surface area contributed by atoms with Gasteiger partial charge in [0.05, 0.1) is 12.4 Å². The zero-order valence-corrected chi connectivity index (χ0v) is 25.5. The number of anilines is 1. The number of fused-ring (bicyclic) bond motifs is 1. The van der Waals surface area contributed by atoms with Gasteiger partial charge in [0.25, 0.3) is 14.4 Å². The number of methoxy groups -OCH3 is 1. The zero-order valence-electron chi connectivity index (χ0n) is 24.6. The van der Waals surface area contributed by atoms with Crippen LogP contribution in [-0.2, 0) is 18.5 Å². The maximum Gasteiger partial charge on any atom is 0.312 e. The number of hydrogen-bond donors (Lipinski definition) is 1. The molecule has 0 saturated carbocycles. The molecule has 0 bridgehead atoms. The van der Waals surface area contributed by atoms with Crippen LogP contribution in [0.1, 0.15) is 57.6 Å². The van der Waals surface area contributed by atoms with Crippen molar-refractivity contribution in [3.05, 3.63) is 59.7 Å². The number of carbonyl (C=O) groups is 1. The van der Waals surface area contributed by atoms with Gasteiger partial charge in [-0.2, -0.15) is 14.4 Å². The maximum absolute atomic E-state index is 14.7. The Morgan fingerprint density at radius 3 is 2.55 bits per heavy atom. The van der Waals surface area contributed by atoms with E-state index in [2.05, 4.69) is 57.5 Å². The molecule has 1 N–H and O–H groups in total. The molecule has 1 aliphatic heterocycles. The topological polar surface area (TPSA) is 117 Å². The molecule has 1 amide bonds. The summed E-state index contributed by atoms with van der Waals surface area (Å²) in [5.41, 5.74) is 0.724. The molecule has 14 heteroatoms. The first-order valence-corrected chi connectivity index (χ1v) is 15.0. The van der Waals surface area contributed by atoms with Crippen molar-refractivity contribution in [2.24, 2.45) is 0 Å². The number of nitrogens with one attached hydrogen (secondary N) is 1. The van der Waals surface area contributed by atoms with Crippen molar-refractivity contribution < 1.29 is 27.7 Å². The molecule has 12 nitrogen and oxygen atoms in total. The summed E-state index contributed by atoms with van der Waals surface area (Å²) in [6.07, 6.45) is -1.31. The first-order chi connectivity index (χ1) is 20.2.